The molecule has 1 amide bonds. The standard InChI is InChI=1S/C17H13N5O2/c1-10-9-19-15(20-10)12-4-2-3-5-14(12)22-17(24)13-7-6-11(8-18)21-16(13)23/h2-7,9H,1H3,(H,19,20)(H,21,23)(H,22,24). The first-order chi connectivity index (χ1) is 11.6. The van der Waals surface area contributed by atoms with E-state index >= 15 is 0 Å². The van der Waals surface area contributed by atoms with Crippen LogP contribution in [-0.2, 0) is 0 Å². The average molecular weight is 319 g/mol. The highest BCUT2D eigenvalue weighted by molar-refractivity contribution is 6.05. The van der Waals surface area contributed by atoms with Gasteiger partial charge in [-0.25, -0.2) is 4.98 Å². The molecule has 0 radical (unpaired) electrons. The lowest BCUT2D eigenvalue weighted by Gasteiger charge is -2.09. The highest BCUT2D eigenvalue weighted by atomic mass is 16.2. The molecule has 0 aliphatic carbocycles. The second-order valence-electron chi connectivity index (χ2n) is 5.14. The van der Waals surface area contributed by atoms with Crippen LogP contribution in [0.25, 0.3) is 11.4 Å². The van der Waals surface area contributed by atoms with E-state index in [1.807, 2.05) is 25.1 Å². The van der Waals surface area contributed by atoms with Gasteiger partial charge in [0, 0.05) is 17.5 Å². The summed E-state index contributed by atoms with van der Waals surface area (Å²) in [6.07, 6.45) is 1.69. The highest BCUT2D eigenvalue weighted by Gasteiger charge is 2.14. The van der Waals surface area contributed by atoms with Crippen LogP contribution in [0.4, 0.5) is 5.69 Å². The van der Waals surface area contributed by atoms with Gasteiger partial charge in [-0.1, -0.05) is 12.1 Å². The monoisotopic (exact) mass is 319 g/mol. The summed E-state index contributed by atoms with van der Waals surface area (Å²) in [5.74, 6) is 0.0635. The fraction of sp³-hybridized carbons (Fsp3) is 0.0588. The lowest BCUT2D eigenvalue weighted by Crippen LogP contribution is -2.23. The molecule has 3 rings (SSSR count). The van der Waals surface area contributed by atoms with Crippen LogP contribution in [0, 0.1) is 18.3 Å². The largest absolute Gasteiger partial charge is 0.342 e. The number of amides is 1. The predicted molar refractivity (Wildman–Crippen MR) is 88.5 cm³/mol. The van der Waals surface area contributed by atoms with Crippen LogP contribution in [0.1, 0.15) is 21.7 Å². The number of aryl methyl sites for hydroxylation is 1. The molecule has 0 aliphatic rings. The number of carbonyl (C=O) groups is 1. The molecule has 7 heteroatoms. The molecule has 7 nitrogen and oxygen atoms in total. The third kappa shape index (κ3) is 2.94. The fourth-order valence-corrected chi connectivity index (χ4v) is 2.26. The van der Waals surface area contributed by atoms with Gasteiger partial charge in [0.2, 0.25) is 0 Å². The Morgan fingerprint density at radius 3 is 2.67 bits per heavy atom. The van der Waals surface area contributed by atoms with Crippen molar-refractivity contribution in [2.45, 2.75) is 6.92 Å². The third-order valence-corrected chi connectivity index (χ3v) is 3.41. The van der Waals surface area contributed by atoms with Crippen molar-refractivity contribution in [1.82, 2.24) is 15.0 Å². The van der Waals surface area contributed by atoms with Crippen molar-refractivity contribution >= 4 is 11.6 Å². The minimum Gasteiger partial charge on any atom is -0.342 e. The van der Waals surface area contributed by atoms with Crippen LogP contribution in [0.3, 0.4) is 0 Å². The molecule has 0 saturated carbocycles. The molecule has 24 heavy (non-hydrogen) atoms. The smallest absolute Gasteiger partial charge is 0.261 e. The molecule has 2 heterocycles. The van der Waals surface area contributed by atoms with E-state index in [0.29, 0.717) is 17.1 Å². The van der Waals surface area contributed by atoms with E-state index in [-0.39, 0.29) is 11.3 Å². The summed E-state index contributed by atoms with van der Waals surface area (Å²) in [4.78, 5) is 34.0. The second-order valence-corrected chi connectivity index (χ2v) is 5.14. The molecule has 0 bridgehead atoms. The topological polar surface area (TPSA) is 114 Å². The highest BCUT2D eigenvalue weighted by Crippen LogP contribution is 2.25. The minimum atomic E-state index is -0.613. The first-order valence-electron chi connectivity index (χ1n) is 7.14. The quantitative estimate of drug-likeness (QED) is 0.686. The van der Waals surface area contributed by atoms with E-state index in [1.54, 1.807) is 18.3 Å². The van der Waals surface area contributed by atoms with Gasteiger partial charge >= 0.3 is 0 Å². The number of nitrogens with one attached hydrogen (secondary N) is 3. The van der Waals surface area contributed by atoms with Crippen LogP contribution < -0.4 is 10.9 Å². The number of pyridine rings is 1. The minimum absolute atomic E-state index is 0.0700. The summed E-state index contributed by atoms with van der Waals surface area (Å²) in [5, 5.41) is 11.5. The Bertz CT molecular complexity index is 1010. The molecule has 118 valence electrons. The van der Waals surface area contributed by atoms with Gasteiger partial charge in [-0.3, -0.25) is 9.59 Å². The predicted octanol–water partition coefficient (Wildman–Crippen LogP) is 2.20. The van der Waals surface area contributed by atoms with Crippen LogP contribution in [-0.4, -0.2) is 20.9 Å². The molecular formula is C17H13N5O2. The fourth-order valence-electron chi connectivity index (χ4n) is 2.26. The molecule has 0 fully saturated rings. The zero-order chi connectivity index (χ0) is 17.1. The molecule has 0 unspecified atom stereocenters. The number of benzene rings is 1. The summed E-state index contributed by atoms with van der Waals surface area (Å²) >= 11 is 0. The van der Waals surface area contributed by atoms with Gasteiger partial charge in [0.1, 0.15) is 23.2 Å². The second kappa shape index (κ2) is 6.22. The molecule has 3 aromatic rings. The maximum absolute atomic E-state index is 12.4. The molecule has 0 aliphatic heterocycles. The molecular weight excluding hydrogens is 306 g/mol. The summed E-state index contributed by atoms with van der Waals surface area (Å²) in [7, 11) is 0. The van der Waals surface area contributed by atoms with Gasteiger partial charge in [0.15, 0.2) is 0 Å². The lowest BCUT2D eigenvalue weighted by molar-refractivity contribution is 0.102. The van der Waals surface area contributed by atoms with Crippen molar-refractivity contribution in [2.24, 2.45) is 0 Å². The normalized spacial score (nSPS) is 10.2. The third-order valence-electron chi connectivity index (χ3n) is 3.41. The average Bonchev–Trinajstić information content (AvgIpc) is 3.01. The first-order valence-corrected chi connectivity index (χ1v) is 7.14. The molecule has 0 spiro atoms. The van der Waals surface area contributed by atoms with Crippen molar-refractivity contribution in [3.8, 4) is 17.5 Å². The number of nitriles is 1. The van der Waals surface area contributed by atoms with Crippen molar-refractivity contribution < 1.29 is 4.79 Å². The van der Waals surface area contributed by atoms with E-state index < -0.39 is 11.5 Å². The molecule has 2 aromatic heterocycles. The number of H-pyrrole nitrogens is 2. The van der Waals surface area contributed by atoms with E-state index in [1.165, 1.54) is 12.1 Å². The molecule has 3 N–H and O–H groups in total. The number of carbonyl (C=O) groups excluding carboxylic acids is 1. The number of rotatable bonds is 3. The number of para-hydroxylation sites is 1. The summed E-state index contributed by atoms with van der Waals surface area (Å²) in [6, 6.07) is 11.7. The Hall–Kier alpha value is -3.66. The number of aromatic amines is 2. The zero-order valence-corrected chi connectivity index (χ0v) is 12.8. The SMILES string of the molecule is Cc1cnc(-c2ccccc2NC(=O)c2ccc(C#N)[nH]c2=O)[nH]1. The number of hydrogen-bond acceptors (Lipinski definition) is 4. The van der Waals surface area contributed by atoms with Gasteiger partial charge in [-0.2, -0.15) is 5.26 Å². The molecule has 0 atom stereocenters. The summed E-state index contributed by atoms with van der Waals surface area (Å²) in [5.41, 5.74) is 1.56. The maximum Gasteiger partial charge on any atom is 0.261 e. The van der Waals surface area contributed by atoms with Crippen molar-refractivity contribution in [2.75, 3.05) is 5.32 Å². The molecule has 1 aromatic carbocycles. The summed E-state index contributed by atoms with van der Waals surface area (Å²) in [6.45, 7) is 1.88. The maximum atomic E-state index is 12.4. The summed E-state index contributed by atoms with van der Waals surface area (Å²) < 4.78 is 0. The van der Waals surface area contributed by atoms with Crippen LogP contribution in [0.2, 0.25) is 0 Å². The number of anilines is 1. The van der Waals surface area contributed by atoms with E-state index in [2.05, 4.69) is 20.3 Å². The van der Waals surface area contributed by atoms with E-state index in [0.717, 1.165) is 5.69 Å². The van der Waals surface area contributed by atoms with Gasteiger partial charge in [0.25, 0.3) is 11.5 Å². The van der Waals surface area contributed by atoms with Crippen LogP contribution >= 0.6 is 0 Å². The Kier molecular flexibility index (Phi) is 3.95. The van der Waals surface area contributed by atoms with Gasteiger partial charge in [-0.15, -0.1) is 0 Å². The van der Waals surface area contributed by atoms with Crippen LogP contribution in [0.5, 0.6) is 0 Å². The Balaban J connectivity index is 1.94. The van der Waals surface area contributed by atoms with Gasteiger partial charge < -0.3 is 15.3 Å². The first kappa shape index (κ1) is 15.2. The molecule has 0 saturated heterocycles. The Morgan fingerprint density at radius 2 is 2.00 bits per heavy atom. The zero-order valence-electron chi connectivity index (χ0n) is 12.8. The van der Waals surface area contributed by atoms with E-state index in [9.17, 15) is 9.59 Å². The number of hydrogen-bond donors (Lipinski definition) is 3. The van der Waals surface area contributed by atoms with Crippen molar-refractivity contribution in [3.63, 3.8) is 0 Å². The number of imidazole rings is 1. The van der Waals surface area contributed by atoms with Crippen LogP contribution in [0.15, 0.2) is 47.4 Å². The lowest BCUT2D eigenvalue weighted by atomic mass is 10.1. The van der Waals surface area contributed by atoms with Crippen molar-refractivity contribution in [1.29, 1.82) is 5.26 Å². The van der Waals surface area contributed by atoms with Gasteiger partial charge in [-0.05, 0) is 31.2 Å². The van der Waals surface area contributed by atoms with E-state index in [4.69, 9.17) is 5.26 Å². The van der Waals surface area contributed by atoms with Crippen molar-refractivity contribution in [3.05, 3.63) is 69.9 Å². The number of nitrogens with zero attached hydrogens (tertiary/aromatic N) is 2. The van der Waals surface area contributed by atoms with Gasteiger partial charge in [0.05, 0.1) is 5.69 Å². The number of aromatic nitrogens is 3. The Labute approximate surface area is 137 Å². The Morgan fingerprint density at radius 1 is 1.21 bits per heavy atom.